The first-order chi connectivity index (χ1) is 9.63. The molecule has 0 radical (unpaired) electrons. The fraction of sp³-hybridized carbons (Fsp3) is 0.500. The minimum absolute atomic E-state index is 0.0410. The van der Waals surface area contributed by atoms with Crippen LogP contribution >= 0.6 is 11.5 Å². The Kier molecular flexibility index (Phi) is 3.49. The van der Waals surface area contributed by atoms with Crippen molar-refractivity contribution in [1.82, 2.24) is 19.1 Å². The number of aromatic nitrogens is 4. The van der Waals surface area contributed by atoms with Crippen molar-refractivity contribution < 1.29 is 9.53 Å². The zero-order valence-corrected chi connectivity index (χ0v) is 12.1. The summed E-state index contributed by atoms with van der Waals surface area (Å²) in [6, 6.07) is 0. The van der Waals surface area contributed by atoms with Crippen molar-refractivity contribution in [2.45, 2.75) is 19.4 Å². The van der Waals surface area contributed by atoms with E-state index in [4.69, 9.17) is 4.74 Å². The molecule has 7 nitrogen and oxygen atoms in total. The summed E-state index contributed by atoms with van der Waals surface area (Å²) < 4.78 is 11.3. The number of ether oxygens (including phenoxy) is 1. The van der Waals surface area contributed by atoms with Gasteiger partial charge in [0.2, 0.25) is 11.0 Å². The number of hydrogen-bond donors (Lipinski definition) is 1. The van der Waals surface area contributed by atoms with Crippen LogP contribution in [0, 0.1) is 5.92 Å². The minimum Gasteiger partial charge on any atom is -0.378 e. The molecule has 1 amide bonds. The van der Waals surface area contributed by atoms with E-state index in [1.54, 1.807) is 10.9 Å². The van der Waals surface area contributed by atoms with Crippen molar-refractivity contribution in [2.24, 2.45) is 13.0 Å². The van der Waals surface area contributed by atoms with Crippen LogP contribution in [-0.2, 0) is 16.6 Å². The second kappa shape index (κ2) is 5.29. The Morgan fingerprint density at radius 1 is 1.60 bits per heavy atom. The lowest BCUT2D eigenvalue weighted by Crippen LogP contribution is -2.27. The number of hydrogen-bond acceptors (Lipinski definition) is 6. The number of nitrogens with one attached hydrogen (secondary N) is 1. The van der Waals surface area contributed by atoms with Crippen LogP contribution in [0.3, 0.4) is 0 Å². The van der Waals surface area contributed by atoms with Crippen molar-refractivity contribution in [3.05, 3.63) is 12.4 Å². The predicted octanol–water partition coefficient (Wildman–Crippen LogP) is 1.30. The van der Waals surface area contributed by atoms with Crippen LogP contribution < -0.4 is 5.32 Å². The first-order valence-corrected chi connectivity index (χ1v) is 7.16. The Labute approximate surface area is 120 Å². The van der Waals surface area contributed by atoms with Gasteiger partial charge in [-0.3, -0.25) is 9.48 Å². The first-order valence-electron chi connectivity index (χ1n) is 6.38. The standard InChI is InChI=1S/C12H15N5O2S/c1-7-9(3-4-19-7)11(18)15-12-14-10(16-20-12)8-5-13-17(2)6-8/h5-7,9H,3-4H2,1-2H3,(H,14,15,16,18). The van der Waals surface area contributed by atoms with Gasteiger partial charge < -0.3 is 10.1 Å². The van der Waals surface area contributed by atoms with Crippen LogP contribution in [0.2, 0.25) is 0 Å². The van der Waals surface area contributed by atoms with Crippen molar-refractivity contribution in [3.63, 3.8) is 0 Å². The summed E-state index contributed by atoms with van der Waals surface area (Å²) in [6.07, 6.45) is 4.24. The molecule has 106 valence electrons. The molecule has 0 aliphatic carbocycles. The molecule has 1 saturated heterocycles. The third-order valence-electron chi connectivity index (χ3n) is 3.33. The number of nitrogens with zero attached hydrogens (tertiary/aromatic N) is 4. The van der Waals surface area contributed by atoms with Crippen molar-refractivity contribution in [3.8, 4) is 11.4 Å². The molecule has 1 aliphatic heterocycles. The summed E-state index contributed by atoms with van der Waals surface area (Å²) in [5.74, 6) is 0.416. The smallest absolute Gasteiger partial charge is 0.232 e. The van der Waals surface area contributed by atoms with Gasteiger partial charge in [-0.15, -0.1) is 0 Å². The maximum absolute atomic E-state index is 12.1. The molecule has 3 heterocycles. The summed E-state index contributed by atoms with van der Waals surface area (Å²) in [5, 5.41) is 7.39. The fourth-order valence-corrected chi connectivity index (χ4v) is 2.80. The van der Waals surface area contributed by atoms with Gasteiger partial charge in [0, 0.05) is 31.4 Å². The normalized spacial score (nSPS) is 22.1. The van der Waals surface area contributed by atoms with Gasteiger partial charge in [0.05, 0.1) is 23.8 Å². The summed E-state index contributed by atoms with van der Waals surface area (Å²) in [5.41, 5.74) is 0.835. The molecule has 1 fully saturated rings. The number of carbonyl (C=O) groups excluding carboxylic acids is 1. The SMILES string of the molecule is CC1OCCC1C(=O)Nc1nc(-c2cnn(C)c2)ns1. The monoisotopic (exact) mass is 293 g/mol. The zero-order valence-electron chi connectivity index (χ0n) is 11.2. The number of carbonyl (C=O) groups is 1. The molecule has 0 aromatic carbocycles. The van der Waals surface area contributed by atoms with Crippen LogP contribution in [0.5, 0.6) is 0 Å². The number of aryl methyl sites for hydroxylation is 1. The molecular weight excluding hydrogens is 278 g/mol. The van der Waals surface area contributed by atoms with Gasteiger partial charge in [0.15, 0.2) is 5.82 Å². The third kappa shape index (κ3) is 2.56. The van der Waals surface area contributed by atoms with E-state index in [1.807, 2.05) is 20.2 Å². The van der Waals surface area contributed by atoms with Crippen LogP contribution in [0.25, 0.3) is 11.4 Å². The average Bonchev–Trinajstić information content (AvgIpc) is 3.10. The van der Waals surface area contributed by atoms with Crippen LogP contribution in [0.4, 0.5) is 5.13 Å². The first kappa shape index (κ1) is 13.2. The second-order valence-electron chi connectivity index (χ2n) is 4.79. The van der Waals surface area contributed by atoms with Crippen molar-refractivity contribution in [2.75, 3.05) is 11.9 Å². The summed E-state index contributed by atoms with van der Waals surface area (Å²) in [6.45, 7) is 2.55. The highest BCUT2D eigenvalue weighted by molar-refractivity contribution is 7.10. The lowest BCUT2D eigenvalue weighted by molar-refractivity contribution is -0.121. The number of anilines is 1. The second-order valence-corrected chi connectivity index (χ2v) is 5.54. The molecule has 2 aromatic rings. The molecule has 1 aliphatic rings. The molecule has 2 atom stereocenters. The van der Waals surface area contributed by atoms with Gasteiger partial charge in [-0.25, -0.2) is 0 Å². The van der Waals surface area contributed by atoms with E-state index in [0.717, 1.165) is 12.0 Å². The Morgan fingerprint density at radius 3 is 3.10 bits per heavy atom. The maximum Gasteiger partial charge on any atom is 0.232 e. The van der Waals surface area contributed by atoms with E-state index in [2.05, 4.69) is 19.8 Å². The van der Waals surface area contributed by atoms with Gasteiger partial charge >= 0.3 is 0 Å². The van der Waals surface area contributed by atoms with Gasteiger partial charge in [0.1, 0.15) is 0 Å². The van der Waals surface area contributed by atoms with Gasteiger partial charge in [-0.2, -0.15) is 14.5 Å². The highest BCUT2D eigenvalue weighted by Gasteiger charge is 2.31. The van der Waals surface area contributed by atoms with Crippen molar-refractivity contribution >= 4 is 22.6 Å². The van der Waals surface area contributed by atoms with E-state index in [9.17, 15) is 4.79 Å². The molecule has 3 rings (SSSR count). The van der Waals surface area contributed by atoms with E-state index in [1.165, 1.54) is 11.5 Å². The largest absolute Gasteiger partial charge is 0.378 e. The Hall–Kier alpha value is -1.80. The van der Waals surface area contributed by atoms with Gasteiger partial charge in [-0.1, -0.05) is 0 Å². The molecule has 0 saturated carbocycles. The molecule has 2 unspecified atom stereocenters. The van der Waals surface area contributed by atoms with Gasteiger partial charge in [-0.05, 0) is 13.3 Å². The van der Waals surface area contributed by atoms with Crippen LogP contribution in [0.1, 0.15) is 13.3 Å². The van der Waals surface area contributed by atoms with E-state index < -0.39 is 0 Å². The highest BCUT2D eigenvalue weighted by Crippen LogP contribution is 2.24. The highest BCUT2D eigenvalue weighted by atomic mass is 32.1. The van der Waals surface area contributed by atoms with E-state index >= 15 is 0 Å². The van der Waals surface area contributed by atoms with E-state index in [0.29, 0.717) is 17.6 Å². The lowest BCUT2D eigenvalue weighted by atomic mass is 10.0. The van der Waals surface area contributed by atoms with E-state index in [-0.39, 0.29) is 17.9 Å². The quantitative estimate of drug-likeness (QED) is 0.922. The van der Waals surface area contributed by atoms with Crippen LogP contribution in [0.15, 0.2) is 12.4 Å². The summed E-state index contributed by atoms with van der Waals surface area (Å²) in [7, 11) is 1.83. The van der Waals surface area contributed by atoms with Crippen molar-refractivity contribution in [1.29, 1.82) is 0 Å². The fourth-order valence-electron chi connectivity index (χ4n) is 2.20. The number of rotatable bonds is 3. The average molecular weight is 293 g/mol. The predicted molar refractivity (Wildman–Crippen MR) is 74.3 cm³/mol. The zero-order chi connectivity index (χ0) is 14.1. The molecule has 0 spiro atoms. The third-order valence-corrected chi connectivity index (χ3v) is 3.96. The number of amides is 1. The molecule has 20 heavy (non-hydrogen) atoms. The Bertz CT molecular complexity index is 623. The van der Waals surface area contributed by atoms with Crippen LogP contribution in [-0.4, -0.2) is 37.8 Å². The Balaban J connectivity index is 1.69. The topological polar surface area (TPSA) is 81.9 Å². The molecule has 1 N–H and O–H groups in total. The summed E-state index contributed by atoms with van der Waals surface area (Å²) in [4.78, 5) is 16.4. The summed E-state index contributed by atoms with van der Waals surface area (Å²) >= 11 is 1.17. The minimum atomic E-state index is -0.110. The van der Waals surface area contributed by atoms with Gasteiger partial charge in [0.25, 0.3) is 0 Å². The maximum atomic E-state index is 12.1. The molecule has 0 bridgehead atoms. The molecule has 2 aromatic heterocycles. The lowest BCUT2D eigenvalue weighted by Gasteiger charge is -2.11. The molecule has 8 heteroatoms. The Morgan fingerprint density at radius 2 is 2.45 bits per heavy atom. The molecular formula is C12H15N5O2S.